The standard InChI is InChI=1S/C24H32N4O/c1-17-8-3-5-11-20(17)22-13-14-23(27-26-22)28-15-7-10-19(16-28)24(29)25-21-12-6-4-9-18(21)2/h3,5,8,11,13-14,18-19,21H,4,6-7,9-10,12,15-16H2,1-2H3,(H,25,29). The molecule has 3 unspecified atom stereocenters. The minimum absolute atomic E-state index is 0.0377. The minimum Gasteiger partial charge on any atom is -0.354 e. The summed E-state index contributed by atoms with van der Waals surface area (Å²) in [6.45, 7) is 6.02. The molecule has 4 rings (SSSR count). The third-order valence-corrected chi connectivity index (χ3v) is 6.63. The molecule has 3 atom stereocenters. The van der Waals surface area contributed by atoms with Gasteiger partial charge in [0.25, 0.3) is 0 Å². The molecule has 1 amide bonds. The number of carbonyl (C=O) groups excluding carboxylic acids is 1. The van der Waals surface area contributed by atoms with Crippen LogP contribution >= 0.6 is 0 Å². The second-order valence-corrected chi connectivity index (χ2v) is 8.75. The van der Waals surface area contributed by atoms with Gasteiger partial charge in [-0.25, -0.2) is 0 Å². The van der Waals surface area contributed by atoms with Crippen LogP contribution in [0.5, 0.6) is 0 Å². The molecule has 5 nitrogen and oxygen atoms in total. The van der Waals surface area contributed by atoms with Crippen molar-refractivity contribution >= 4 is 11.7 Å². The Labute approximate surface area is 173 Å². The Bertz CT molecular complexity index is 835. The van der Waals surface area contributed by atoms with Gasteiger partial charge in [-0.1, -0.05) is 44.0 Å². The number of amides is 1. The van der Waals surface area contributed by atoms with E-state index >= 15 is 0 Å². The summed E-state index contributed by atoms with van der Waals surface area (Å²) in [4.78, 5) is 15.1. The van der Waals surface area contributed by atoms with Gasteiger partial charge in [0.05, 0.1) is 11.6 Å². The maximum absolute atomic E-state index is 12.9. The van der Waals surface area contributed by atoms with Gasteiger partial charge in [-0.3, -0.25) is 4.79 Å². The molecule has 1 N–H and O–H groups in total. The average molecular weight is 393 g/mol. The molecule has 1 aromatic heterocycles. The first-order valence-electron chi connectivity index (χ1n) is 11.1. The molecule has 154 valence electrons. The summed E-state index contributed by atoms with van der Waals surface area (Å²) in [7, 11) is 0. The van der Waals surface area contributed by atoms with Crippen molar-refractivity contribution < 1.29 is 4.79 Å². The van der Waals surface area contributed by atoms with Gasteiger partial charge < -0.3 is 10.2 Å². The number of piperidine rings is 1. The summed E-state index contributed by atoms with van der Waals surface area (Å²) in [5, 5.41) is 12.3. The minimum atomic E-state index is 0.0377. The summed E-state index contributed by atoms with van der Waals surface area (Å²) in [5.74, 6) is 1.71. The summed E-state index contributed by atoms with van der Waals surface area (Å²) < 4.78 is 0. The second-order valence-electron chi connectivity index (χ2n) is 8.75. The largest absolute Gasteiger partial charge is 0.354 e. The Hall–Kier alpha value is -2.43. The van der Waals surface area contributed by atoms with Gasteiger partial charge in [0, 0.05) is 24.7 Å². The lowest BCUT2D eigenvalue weighted by molar-refractivity contribution is -0.126. The van der Waals surface area contributed by atoms with Gasteiger partial charge in [0.15, 0.2) is 5.82 Å². The zero-order chi connectivity index (χ0) is 20.2. The van der Waals surface area contributed by atoms with Crippen LogP contribution in [0.1, 0.15) is 51.0 Å². The second kappa shape index (κ2) is 8.93. The number of rotatable bonds is 4. The predicted molar refractivity (Wildman–Crippen MR) is 117 cm³/mol. The highest BCUT2D eigenvalue weighted by molar-refractivity contribution is 5.80. The van der Waals surface area contributed by atoms with E-state index in [4.69, 9.17) is 0 Å². The number of anilines is 1. The van der Waals surface area contributed by atoms with Crippen molar-refractivity contribution in [1.29, 1.82) is 0 Å². The highest BCUT2D eigenvalue weighted by atomic mass is 16.2. The first-order valence-corrected chi connectivity index (χ1v) is 11.1. The zero-order valence-corrected chi connectivity index (χ0v) is 17.6. The van der Waals surface area contributed by atoms with Crippen molar-refractivity contribution in [2.24, 2.45) is 11.8 Å². The van der Waals surface area contributed by atoms with Crippen molar-refractivity contribution in [1.82, 2.24) is 15.5 Å². The van der Waals surface area contributed by atoms with Crippen LogP contribution in [0.3, 0.4) is 0 Å². The van der Waals surface area contributed by atoms with Crippen molar-refractivity contribution in [2.75, 3.05) is 18.0 Å². The number of hydrogen-bond donors (Lipinski definition) is 1. The Morgan fingerprint density at radius 2 is 1.86 bits per heavy atom. The SMILES string of the molecule is Cc1ccccc1-c1ccc(N2CCCC(C(=O)NC3CCCCC3C)C2)nn1. The summed E-state index contributed by atoms with van der Waals surface area (Å²) in [6.07, 6.45) is 6.84. The van der Waals surface area contributed by atoms with Crippen LogP contribution in [-0.2, 0) is 4.79 Å². The maximum Gasteiger partial charge on any atom is 0.225 e. The van der Waals surface area contributed by atoms with E-state index in [9.17, 15) is 4.79 Å². The molecule has 1 aliphatic heterocycles. The lowest BCUT2D eigenvalue weighted by Gasteiger charge is -2.35. The molecule has 1 saturated heterocycles. The number of aryl methyl sites for hydroxylation is 1. The molecule has 5 heteroatoms. The van der Waals surface area contributed by atoms with Crippen molar-refractivity contribution in [3.63, 3.8) is 0 Å². The monoisotopic (exact) mass is 392 g/mol. The van der Waals surface area contributed by atoms with E-state index in [1.54, 1.807) is 0 Å². The van der Waals surface area contributed by atoms with Gasteiger partial charge in [-0.05, 0) is 56.2 Å². The van der Waals surface area contributed by atoms with Crippen LogP contribution in [0.4, 0.5) is 5.82 Å². The Kier molecular flexibility index (Phi) is 6.12. The molecule has 0 spiro atoms. The van der Waals surface area contributed by atoms with E-state index in [-0.39, 0.29) is 11.8 Å². The van der Waals surface area contributed by atoms with Gasteiger partial charge in [-0.15, -0.1) is 10.2 Å². The molecule has 1 aliphatic carbocycles. The van der Waals surface area contributed by atoms with Crippen molar-refractivity contribution in [3.8, 4) is 11.3 Å². The smallest absolute Gasteiger partial charge is 0.225 e. The molecule has 2 fully saturated rings. The Morgan fingerprint density at radius 1 is 1.03 bits per heavy atom. The molecular formula is C24H32N4O. The first-order chi connectivity index (χ1) is 14.1. The quantitative estimate of drug-likeness (QED) is 0.840. The molecule has 2 aromatic rings. The predicted octanol–water partition coefficient (Wildman–Crippen LogP) is 4.36. The third kappa shape index (κ3) is 4.60. The molecule has 29 heavy (non-hydrogen) atoms. The van der Waals surface area contributed by atoms with E-state index in [0.717, 1.165) is 49.4 Å². The lowest BCUT2D eigenvalue weighted by atomic mass is 9.85. The van der Waals surface area contributed by atoms with Gasteiger partial charge in [0.2, 0.25) is 5.91 Å². The number of hydrogen-bond acceptors (Lipinski definition) is 4. The van der Waals surface area contributed by atoms with Crippen LogP contribution < -0.4 is 10.2 Å². The van der Waals surface area contributed by atoms with E-state index in [0.29, 0.717) is 12.0 Å². The number of carbonyl (C=O) groups is 1. The molecular weight excluding hydrogens is 360 g/mol. The summed E-state index contributed by atoms with van der Waals surface area (Å²) in [6, 6.07) is 12.7. The van der Waals surface area contributed by atoms with E-state index in [2.05, 4.69) is 46.4 Å². The Balaban J connectivity index is 1.40. The van der Waals surface area contributed by atoms with Crippen LogP contribution in [-0.4, -0.2) is 35.2 Å². The van der Waals surface area contributed by atoms with Crippen molar-refractivity contribution in [3.05, 3.63) is 42.0 Å². The molecule has 1 aromatic carbocycles. The van der Waals surface area contributed by atoms with Crippen LogP contribution in [0.15, 0.2) is 36.4 Å². The number of aromatic nitrogens is 2. The molecule has 0 bridgehead atoms. The van der Waals surface area contributed by atoms with Gasteiger partial charge in [0.1, 0.15) is 0 Å². The molecule has 1 saturated carbocycles. The number of nitrogens with one attached hydrogen (secondary N) is 1. The summed E-state index contributed by atoms with van der Waals surface area (Å²) >= 11 is 0. The fourth-order valence-electron chi connectivity index (χ4n) is 4.73. The normalized spacial score (nSPS) is 24.9. The first kappa shape index (κ1) is 19.9. The maximum atomic E-state index is 12.9. The third-order valence-electron chi connectivity index (χ3n) is 6.63. The Morgan fingerprint density at radius 3 is 2.62 bits per heavy atom. The molecule has 0 radical (unpaired) electrons. The van der Waals surface area contributed by atoms with E-state index < -0.39 is 0 Å². The van der Waals surface area contributed by atoms with Crippen molar-refractivity contribution in [2.45, 2.75) is 58.4 Å². The highest BCUT2D eigenvalue weighted by Crippen LogP contribution is 2.27. The van der Waals surface area contributed by atoms with Crippen LogP contribution in [0, 0.1) is 18.8 Å². The molecule has 2 heterocycles. The van der Waals surface area contributed by atoms with Crippen LogP contribution in [0.25, 0.3) is 11.3 Å². The van der Waals surface area contributed by atoms with Gasteiger partial charge in [-0.2, -0.15) is 0 Å². The summed E-state index contributed by atoms with van der Waals surface area (Å²) in [5.41, 5.74) is 3.20. The highest BCUT2D eigenvalue weighted by Gasteiger charge is 2.30. The number of nitrogens with zero attached hydrogens (tertiary/aromatic N) is 3. The fourth-order valence-corrected chi connectivity index (χ4v) is 4.73. The van der Waals surface area contributed by atoms with E-state index in [1.165, 1.54) is 24.8 Å². The van der Waals surface area contributed by atoms with Gasteiger partial charge >= 0.3 is 0 Å². The fraction of sp³-hybridized carbons (Fsp3) is 0.542. The van der Waals surface area contributed by atoms with Crippen LogP contribution in [0.2, 0.25) is 0 Å². The zero-order valence-electron chi connectivity index (χ0n) is 17.6. The topological polar surface area (TPSA) is 58.1 Å². The van der Waals surface area contributed by atoms with E-state index in [1.807, 2.05) is 24.3 Å². The molecule has 2 aliphatic rings. The lowest BCUT2D eigenvalue weighted by Crippen LogP contribution is -2.48. The average Bonchev–Trinajstić information content (AvgIpc) is 2.76. The number of benzene rings is 1.